The van der Waals surface area contributed by atoms with Gasteiger partial charge in [0.1, 0.15) is 16.5 Å². The van der Waals surface area contributed by atoms with Gasteiger partial charge in [-0.1, -0.05) is 48.9 Å². The molecular formula is C25H24ClN3O4S. The quantitative estimate of drug-likeness (QED) is 0.261. The van der Waals surface area contributed by atoms with E-state index in [9.17, 15) is 14.7 Å². The molecule has 1 aromatic heterocycles. The minimum absolute atomic E-state index is 0.0282. The number of aliphatic hydroxyl groups excluding tert-OH is 1. The van der Waals surface area contributed by atoms with Crippen molar-refractivity contribution in [1.29, 1.82) is 0 Å². The van der Waals surface area contributed by atoms with E-state index in [0.29, 0.717) is 39.4 Å². The van der Waals surface area contributed by atoms with Gasteiger partial charge in [-0.2, -0.15) is 0 Å². The predicted molar refractivity (Wildman–Crippen MR) is 132 cm³/mol. The van der Waals surface area contributed by atoms with E-state index >= 15 is 0 Å². The van der Waals surface area contributed by atoms with Crippen LogP contribution in [0.3, 0.4) is 0 Å². The van der Waals surface area contributed by atoms with E-state index in [-0.39, 0.29) is 16.5 Å². The van der Waals surface area contributed by atoms with Crippen LogP contribution in [-0.2, 0) is 9.59 Å². The second-order valence-corrected chi connectivity index (χ2v) is 9.98. The number of rotatable bonds is 7. The monoisotopic (exact) mass is 497 g/mol. The highest BCUT2D eigenvalue weighted by Gasteiger charge is 2.48. The van der Waals surface area contributed by atoms with E-state index in [1.54, 1.807) is 49.4 Å². The fourth-order valence-electron chi connectivity index (χ4n) is 3.68. The van der Waals surface area contributed by atoms with Crippen molar-refractivity contribution in [1.82, 2.24) is 10.2 Å². The Morgan fingerprint density at radius 3 is 2.56 bits per heavy atom. The summed E-state index contributed by atoms with van der Waals surface area (Å²) in [6.07, 6.45) is 0.892. The van der Waals surface area contributed by atoms with Crippen molar-refractivity contribution in [2.24, 2.45) is 5.92 Å². The summed E-state index contributed by atoms with van der Waals surface area (Å²) >= 11 is 7.18. The number of amides is 1. The van der Waals surface area contributed by atoms with Crippen molar-refractivity contribution in [3.05, 3.63) is 75.3 Å². The Labute approximate surface area is 206 Å². The molecule has 1 saturated heterocycles. The largest absolute Gasteiger partial charge is 0.507 e. The first kappa shape index (κ1) is 23.9. The van der Waals surface area contributed by atoms with Crippen LogP contribution >= 0.6 is 22.9 Å². The number of hydrogen-bond acceptors (Lipinski definition) is 7. The van der Waals surface area contributed by atoms with Crippen LogP contribution in [0.2, 0.25) is 5.02 Å². The lowest BCUT2D eigenvalue weighted by Gasteiger charge is -2.23. The average Bonchev–Trinajstić information content (AvgIpc) is 3.34. The Morgan fingerprint density at radius 1 is 1.18 bits per heavy atom. The third-order valence-corrected chi connectivity index (χ3v) is 6.51. The predicted octanol–water partition coefficient (Wildman–Crippen LogP) is 5.55. The zero-order valence-corrected chi connectivity index (χ0v) is 20.6. The SMILES string of the molecule is Cc1nnc(N2C(=O)C(=O)C(=C(O)c3ccc(Cl)cc3)C2c2cccc(OCCC(C)C)c2)s1. The molecular weight excluding hydrogens is 474 g/mol. The average molecular weight is 498 g/mol. The van der Waals surface area contributed by atoms with E-state index in [4.69, 9.17) is 16.3 Å². The number of Topliss-reactive ketones (excluding diaryl/α,β-unsaturated/α-hetero) is 1. The molecule has 2 aromatic carbocycles. The Balaban J connectivity index is 1.83. The molecule has 1 unspecified atom stereocenters. The van der Waals surface area contributed by atoms with Crippen LogP contribution in [0.25, 0.3) is 5.76 Å². The van der Waals surface area contributed by atoms with Gasteiger partial charge in [-0.05, 0) is 61.2 Å². The molecule has 1 amide bonds. The number of nitrogens with zero attached hydrogens (tertiary/aromatic N) is 3. The van der Waals surface area contributed by atoms with Gasteiger partial charge in [-0.15, -0.1) is 10.2 Å². The summed E-state index contributed by atoms with van der Waals surface area (Å²) in [7, 11) is 0. The molecule has 1 N–H and O–H groups in total. The third kappa shape index (κ3) is 4.83. The number of ketones is 1. The van der Waals surface area contributed by atoms with Gasteiger partial charge >= 0.3 is 5.91 Å². The molecule has 0 spiro atoms. The minimum atomic E-state index is -0.892. The van der Waals surface area contributed by atoms with Crippen LogP contribution in [-0.4, -0.2) is 33.6 Å². The number of halogens is 1. The molecule has 1 atom stereocenters. The summed E-state index contributed by atoms with van der Waals surface area (Å²) in [5.74, 6) is -0.743. The Bertz CT molecular complexity index is 1250. The smallest absolute Gasteiger partial charge is 0.301 e. The second-order valence-electron chi connectivity index (χ2n) is 8.38. The van der Waals surface area contributed by atoms with Gasteiger partial charge in [0.25, 0.3) is 5.78 Å². The number of hydrogen-bond donors (Lipinski definition) is 1. The minimum Gasteiger partial charge on any atom is -0.507 e. The van der Waals surface area contributed by atoms with Crippen LogP contribution in [0.5, 0.6) is 5.75 Å². The molecule has 1 fully saturated rings. The van der Waals surface area contributed by atoms with Gasteiger partial charge in [-0.3, -0.25) is 14.5 Å². The second kappa shape index (κ2) is 9.95. The summed E-state index contributed by atoms with van der Waals surface area (Å²) in [6.45, 7) is 6.55. The van der Waals surface area contributed by atoms with Crippen molar-refractivity contribution in [3.63, 3.8) is 0 Å². The van der Waals surface area contributed by atoms with E-state index in [2.05, 4.69) is 24.0 Å². The molecule has 7 nitrogen and oxygen atoms in total. The first-order chi connectivity index (χ1) is 16.3. The van der Waals surface area contributed by atoms with Gasteiger partial charge in [0.05, 0.1) is 18.2 Å². The first-order valence-electron chi connectivity index (χ1n) is 10.9. The lowest BCUT2D eigenvalue weighted by Crippen LogP contribution is -2.29. The first-order valence-corrected chi connectivity index (χ1v) is 12.1. The summed E-state index contributed by atoms with van der Waals surface area (Å²) in [5, 5.41) is 20.7. The molecule has 1 aliphatic heterocycles. The van der Waals surface area contributed by atoms with Crippen molar-refractivity contribution in [3.8, 4) is 5.75 Å². The fraction of sp³-hybridized carbons (Fsp3) is 0.280. The number of ether oxygens (including phenoxy) is 1. The number of aromatic nitrogens is 2. The maximum Gasteiger partial charge on any atom is 0.301 e. The van der Waals surface area contributed by atoms with Crippen molar-refractivity contribution >= 4 is 45.5 Å². The van der Waals surface area contributed by atoms with Gasteiger partial charge in [0.15, 0.2) is 0 Å². The van der Waals surface area contributed by atoms with Crippen molar-refractivity contribution in [2.45, 2.75) is 33.2 Å². The maximum atomic E-state index is 13.2. The molecule has 3 aromatic rings. The molecule has 9 heteroatoms. The van der Waals surface area contributed by atoms with Crippen molar-refractivity contribution < 1.29 is 19.4 Å². The zero-order valence-electron chi connectivity index (χ0n) is 19.0. The standard InChI is InChI=1S/C25H24ClN3O4S/c1-14(2)11-12-33-19-6-4-5-17(13-19)21-20(22(30)16-7-9-18(26)10-8-16)23(31)24(32)29(21)25-28-27-15(3)34-25/h4-10,13-14,21,30H,11-12H2,1-3H3. The van der Waals surface area contributed by atoms with Gasteiger partial charge < -0.3 is 9.84 Å². The molecule has 0 aliphatic carbocycles. The number of anilines is 1. The Morgan fingerprint density at radius 2 is 1.91 bits per heavy atom. The van der Waals surface area contributed by atoms with Crippen LogP contribution in [0.15, 0.2) is 54.1 Å². The van der Waals surface area contributed by atoms with Crippen LogP contribution in [0.1, 0.15) is 42.4 Å². The molecule has 2 heterocycles. The van der Waals surface area contributed by atoms with E-state index in [0.717, 1.165) is 6.42 Å². The summed E-state index contributed by atoms with van der Waals surface area (Å²) in [4.78, 5) is 27.6. The van der Waals surface area contributed by atoms with E-state index in [1.165, 1.54) is 16.2 Å². The number of aryl methyl sites for hydroxylation is 1. The highest BCUT2D eigenvalue weighted by atomic mass is 35.5. The molecule has 0 bridgehead atoms. The molecule has 0 radical (unpaired) electrons. The van der Waals surface area contributed by atoms with Crippen LogP contribution in [0, 0.1) is 12.8 Å². The summed E-state index contributed by atoms with van der Waals surface area (Å²) in [5.41, 5.74) is 0.967. The van der Waals surface area contributed by atoms with Gasteiger partial charge in [0, 0.05) is 10.6 Å². The molecule has 1 aliphatic rings. The molecule has 0 saturated carbocycles. The number of benzene rings is 2. The van der Waals surface area contributed by atoms with Crippen LogP contribution in [0.4, 0.5) is 5.13 Å². The normalized spacial score (nSPS) is 17.6. The highest BCUT2D eigenvalue weighted by molar-refractivity contribution is 7.15. The zero-order chi connectivity index (χ0) is 24.4. The molecule has 4 rings (SSSR count). The van der Waals surface area contributed by atoms with Crippen molar-refractivity contribution in [2.75, 3.05) is 11.5 Å². The fourth-order valence-corrected chi connectivity index (χ4v) is 4.52. The number of aliphatic hydroxyl groups is 1. The topological polar surface area (TPSA) is 92.6 Å². The Hall–Kier alpha value is -3.23. The molecule has 34 heavy (non-hydrogen) atoms. The summed E-state index contributed by atoms with van der Waals surface area (Å²) in [6, 6.07) is 12.7. The summed E-state index contributed by atoms with van der Waals surface area (Å²) < 4.78 is 5.90. The lowest BCUT2D eigenvalue weighted by molar-refractivity contribution is -0.132. The van der Waals surface area contributed by atoms with Gasteiger partial charge in [0.2, 0.25) is 5.13 Å². The van der Waals surface area contributed by atoms with E-state index in [1.807, 2.05) is 6.07 Å². The molecule has 176 valence electrons. The van der Waals surface area contributed by atoms with Crippen LogP contribution < -0.4 is 9.64 Å². The maximum absolute atomic E-state index is 13.2. The third-order valence-electron chi connectivity index (χ3n) is 5.42. The Kier molecular flexibility index (Phi) is 7.00. The number of carbonyl (C=O) groups excluding carboxylic acids is 2. The highest BCUT2D eigenvalue weighted by Crippen LogP contribution is 2.43. The lowest BCUT2D eigenvalue weighted by atomic mass is 9.95. The number of carbonyl (C=O) groups is 2. The van der Waals surface area contributed by atoms with E-state index < -0.39 is 17.7 Å². The van der Waals surface area contributed by atoms with Gasteiger partial charge in [-0.25, -0.2) is 0 Å².